The zero-order valence-electron chi connectivity index (χ0n) is 11.0. The quantitative estimate of drug-likeness (QED) is 0.840. The van der Waals surface area contributed by atoms with E-state index in [1.54, 1.807) is 10.3 Å². The van der Waals surface area contributed by atoms with Gasteiger partial charge >= 0.3 is 0 Å². The summed E-state index contributed by atoms with van der Waals surface area (Å²) >= 11 is 1.32. The largest absolute Gasteiger partial charge is 0.395 e. The molecule has 0 unspecified atom stereocenters. The van der Waals surface area contributed by atoms with Gasteiger partial charge in [0.25, 0.3) is 0 Å². The summed E-state index contributed by atoms with van der Waals surface area (Å²) in [5, 5.41) is 11.4. The molecule has 1 amide bonds. The topological polar surface area (TPSA) is 79.5 Å². The number of aliphatic hydroxyl groups is 1. The van der Waals surface area contributed by atoms with Crippen molar-refractivity contribution < 1.29 is 9.90 Å². The molecule has 1 aromatic heterocycles. The van der Waals surface area contributed by atoms with E-state index in [1.807, 2.05) is 30.3 Å². The molecule has 0 saturated carbocycles. The van der Waals surface area contributed by atoms with Gasteiger partial charge in [-0.1, -0.05) is 30.3 Å². The summed E-state index contributed by atoms with van der Waals surface area (Å²) in [6.07, 6.45) is 0.209. The summed E-state index contributed by atoms with van der Waals surface area (Å²) in [4.78, 5) is 18.0. The van der Waals surface area contributed by atoms with E-state index in [4.69, 9.17) is 10.8 Å². The van der Waals surface area contributed by atoms with E-state index in [1.165, 1.54) is 11.3 Å². The summed E-state index contributed by atoms with van der Waals surface area (Å²) in [6, 6.07) is 9.70. The molecule has 0 radical (unpaired) electrons. The van der Waals surface area contributed by atoms with Crippen LogP contribution in [0.4, 0.5) is 5.13 Å². The van der Waals surface area contributed by atoms with E-state index < -0.39 is 0 Å². The third kappa shape index (κ3) is 4.04. The minimum Gasteiger partial charge on any atom is -0.395 e. The van der Waals surface area contributed by atoms with Gasteiger partial charge in [-0.25, -0.2) is 4.98 Å². The molecule has 0 aliphatic heterocycles. The average molecular weight is 291 g/mol. The van der Waals surface area contributed by atoms with Crippen LogP contribution in [0.25, 0.3) is 0 Å². The van der Waals surface area contributed by atoms with Crippen molar-refractivity contribution >= 4 is 22.4 Å². The Labute approximate surface area is 121 Å². The third-order valence-corrected chi connectivity index (χ3v) is 3.56. The normalized spacial score (nSPS) is 10.4. The molecule has 0 aliphatic rings. The highest BCUT2D eigenvalue weighted by Crippen LogP contribution is 2.13. The summed E-state index contributed by atoms with van der Waals surface area (Å²) in [7, 11) is 0. The lowest BCUT2D eigenvalue weighted by molar-refractivity contribution is -0.131. The Morgan fingerprint density at radius 3 is 2.70 bits per heavy atom. The van der Waals surface area contributed by atoms with Crippen LogP contribution < -0.4 is 5.73 Å². The maximum atomic E-state index is 12.3. The zero-order chi connectivity index (χ0) is 14.4. The minimum atomic E-state index is -0.0618. The Morgan fingerprint density at radius 2 is 2.10 bits per heavy atom. The first-order chi connectivity index (χ1) is 9.69. The maximum absolute atomic E-state index is 12.3. The van der Waals surface area contributed by atoms with Crippen LogP contribution in [0.1, 0.15) is 11.3 Å². The Morgan fingerprint density at radius 1 is 1.35 bits per heavy atom. The molecule has 20 heavy (non-hydrogen) atoms. The van der Waals surface area contributed by atoms with Crippen LogP contribution in [-0.2, 0) is 17.8 Å². The van der Waals surface area contributed by atoms with Crippen molar-refractivity contribution in [1.82, 2.24) is 9.88 Å². The van der Waals surface area contributed by atoms with E-state index >= 15 is 0 Å². The van der Waals surface area contributed by atoms with Gasteiger partial charge in [0.2, 0.25) is 5.91 Å². The van der Waals surface area contributed by atoms with Crippen LogP contribution in [0.5, 0.6) is 0 Å². The summed E-state index contributed by atoms with van der Waals surface area (Å²) < 4.78 is 0. The second-order valence-corrected chi connectivity index (χ2v) is 5.27. The number of thiazole rings is 1. The number of rotatable bonds is 6. The van der Waals surface area contributed by atoms with E-state index in [2.05, 4.69) is 4.98 Å². The second-order valence-electron chi connectivity index (χ2n) is 4.38. The van der Waals surface area contributed by atoms with E-state index in [9.17, 15) is 4.79 Å². The Balaban J connectivity index is 2.02. The number of carbonyl (C=O) groups is 1. The monoisotopic (exact) mass is 291 g/mol. The molecule has 0 aliphatic carbocycles. The molecule has 6 heteroatoms. The summed E-state index contributed by atoms with van der Waals surface area (Å²) in [6.45, 7) is 0.741. The van der Waals surface area contributed by atoms with Crippen LogP contribution >= 0.6 is 11.3 Å². The molecule has 5 nitrogen and oxygen atoms in total. The van der Waals surface area contributed by atoms with Crippen LogP contribution in [0.2, 0.25) is 0 Å². The van der Waals surface area contributed by atoms with Gasteiger partial charge in [-0.2, -0.15) is 0 Å². The van der Waals surface area contributed by atoms with Gasteiger partial charge in [0.1, 0.15) is 0 Å². The molecule has 0 spiro atoms. The molecule has 0 saturated heterocycles. The van der Waals surface area contributed by atoms with Crippen molar-refractivity contribution in [3.05, 3.63) is 47.0 Å². The molecule has 1 heterocycles. The third-order valence-electron chi connectivity index (χ3n) is 2.84. The minimum absolute atomic E-state index is 0.0578. The number of nitrogens with zero attached hydrogens (tertiary/aromatic N) is 2. The van der Waals surface area contributed by atoms with Gasteiger partial charge in [0.15, 0.2) is 5.13 Å². The van der Waals surface area contributed by atoms with Crippen molar-refractivity contribution in [2.24, 2.45) is 0 Å². The number of benzene rings is 1. The van der Waals surface area contributed by atoms with Crippen LogP contribution in [0, 0.1) is 0 Å². The average Bonchev–Trinajstić information content (AvgIpc) is 2.85. The van der Waals surface area contributed by atoms with Crippen molar-refractivity contribution in [3.8, 4) is 0 Å². The lowest BCUT2D eigenvalue weighted by Crippen LogP contribution is -2.34. The van der Waals surface area contributed by atoms with Gasteiger partial charge < -0.3 is 15.7 Å². The lowest BCUT2D eigenvalue weighted by atomic mass is 10.2. The van der Waals surface area contributed by atoms with E-state index in [0.717, 1.165) is 5.56 Å². The maximum Gasteiger partial charge on any atom is 0.229 e. The van der Waals surface area contributed by atoms with Gasteiger partial charge in [0.05, 0.1) is 18.7 Å². The predicted molar refractivity (Wildman–Crippen MR) is 79.2 cm³/mol. The van der Waals surface area contributed by atoms with E-state index in [0.29, 0.717) is 23.9 Å². The van der Waals surface area contributed by atoms with Gasteiger partial charge in [0, 0.05) is 18.5 Å². The fraction of sp³-hybridized carbons (Fsp3) is 0.286. The molecule has 0 atom stereocenters. The first kappa shape index (κ1) is 14.5. The van der Waals surface area contributed by atoms with Gasteiger partial charge in [-0.3, -0.25) is 4.79 Å². The molecule has 2 rings (SSSR count). The number of nitrogen functional groups attached to an aromatic ring is 1. The fourth-order valence-corrected chi connectivity index (χ4v) is 2.45. The number of amides is 1. The number of nitrogens with two attached hydrogens (primary N) is 1. The second kappa shape index (κ2) is 7.02. The van der Waals surface area contributed by atoms with Crippen molar-refractivity contribution in [2.75, 3.05) is 18.9 Å². The number of anilines is 1. The molecular weight excluding hydrogens is 274 g/mol. The Hall–Kier alpha value is -1.92. The van der Waals surface area contributed by atoms with Crippen LogP contribution in [-0.4, -0.2) is 34.0 Å². The lowest BCUT2D eigenvalue weighted by Gasteiger charge is -2.21. The van der Waals surface area contributed by atoms with Gasteiger partial charge in [-0.15, -0.1) is 11.3 Å². The van der Waals surface area contributed by atoms with Crippen LogP contribution in [0.15, 0.2) is 35.7 Å². The fourth-order valence-electron chi connectivity index (χ4n) is 1.89. The highest BCUT2D eigenvalue weighted by atomic mass is 32.1. The Kier molecular flexibility index (Phi) is 5.09. The molecule has 0 bridgehead atoms. The molecule has 2 aromatic rings. The first-order valence-corrected chi connectivity index (χ1v) is 7.19. The molecule has 0 fully saturated rings. The molecular formula is C14H17N3O2S. The van der Waals surface area contributed by atoms with Crippen molar-refractivity contribution in [2.45, 2.75) is 13.0 Å². The van der Waals surface area contributed by atoms with Crippen LogP contribution in [0.3, 0.4) is 0 Å². The summed E-state index contributed by atoms with van der Waals surface area (Å²) in [5.74, 6) is -0.0618. The van der Waals surface area contributed by atoms with Crippen molar-refractivity contribution in [1.29, 1.82) is 0 Å². The summed E-state index contributed by atoms with van der Waals surface area (Å²) in [5.41, 5.74) is 7.26. The number of aromatic nitrogens is 1. The number of aliphatic hydroxyl groups excluding tert-OH is 1. The molecule has 3 N–H and O–H groups in total. The smallest absolute Gasteiger partial charge is 0.229 e. The predicted octanol–water partition coefficient (Wildman–Crippen LogP) is 1.29. The SMILES string of the molecule is Nc1nc(CC(=O)N(CCO)Cc2ccccc2)cs1. The van der Waals surface area contributed by atoms with Crippen molar-refractivity contribution in [3.63, 3.8) is 0 Å². The van der Waals surface area contributed by atoms with E-state index in [-0.39, 0.29) is 18.9 Å². The molecule has 1 aromatic carbocycles. The number of carbonyl (C=O) groups excluding carboxylic acids is 1. The zero-order valence-corrected chi connectivity index (χ0v) is 11.8. The highest BCUT2D eigenvalue weighted by molar-refractivity contribution is 7.13. The highest BCUT2D eigenvalue weighted by Gasteiger charge is 2.15. The van der Waals surface area contributed by atoms with Gasteiger partial charge in [-0.05, 0) is 5.56 Å². The number of hydrogen-bond donors (Lipinski definition) is 2. The number of hydrogen-bond acceptors (Lipinski definition) is 5. The standard InChI is InChI=1S/C14H17N3O2S/c15-14-16-12(10-20-14)8-13(19)17(6-7-18)9-11-4-2-1-3-5-11/h1-5,10,18H,6-9H2,(H2,15,16). The molecule has 106 valence electrons. The first-order valence-electron chi connectivity index (χ1n) is 6.31. The Bertz CT molecular complexity index is 557.